The first-order valence-corrected chi connectivity index (χ1v) is 9.28. The first-order valence-electron chi connectivity index (χ1n) is 9.28. The van der Waals surface area contributed by atoms with Gasteiger partial charge >= 0.3 is 6.03 Å². The summed E-state index contributed by atoms with van der Waals surface area (Å²) < 4.78 is 16.9. The van der Waals surface area contributed by atoms with Crippen LogP contribution in [-0.4, -0.2) is 32.9 Å². The zero-order valence-electron chi connectivity index (χ0n) is 15.7. The lowest BCUT2D eigenvalue weighted by Crippen LogP contribution is -2.30. The van der Waals surface area contributed by atoms with Gasteiger partial charge in [0.2, 0.25) is 0 Å². The second kappa shape index (κ2) is 7.39. The second-order valence-electron chi connectivity index (χ2n) is 6.85. The normalized spacial score (nSPS) is 14.0. The molecule has 0 aliphatic carbocycles. The minimum Gasteiger partial charge on any atom is -0.495 e. The molecule has 2 N–H and O–H groups in total. The fourth-order valence-electron chi connectivity index (χ4n) is 3.74. The lowest BCUT2D eigenvalue weighted by molar-refractivity contribution is 0.252. The minimum absolute atomic E-state index is 0.250. The molecular formula is C21H24N2O4. The summed E-state index contributed by atoms with van der Waals surface area (Å²) in [5.74, 6) is 2.60. The molecule has 0 radical (unpaired) electrons. The molecule has 0 aromatic heterocycles. The predicted octanol–water partition coefficient (Wildman–Crippen LogP) is 3.24. The third kappa shape index (κ3) is 3.52. The van der Waals surface area contributed by atoms with Gasteiger partial charge in [0, 0.05) is 36.1 Å². The molecule has 2 heterocycles. The van der Waals surface area contributed by atoms with Crippen molar-refractivity contribution in [2.75, 3.05) is 32.2 Å². The van der Waals surface area contributed by atoms with E-state index in [1.54, 1.807) is 7.11 Å². The van der Waals surface area contributed by atoms with Gasteiger partial charge in [-0.2, -0.15) is 0 Å². The number of nitrogens with one attached hydrogen (secondary N) is 2. The number of rotatable bonds is 5. The standard InChI is InChI=1S/C21H24N2O4/c1-13-3-4-18(25-2)17(11-13)23-21(24)22-8-5-16-15-7-10-26-19(15)12-14-6-9-27-20(14)16/h3-4,11-12H,5-10H2,1-2H3,(H2,22,23,24). The highest BCUT2D eigenvalue weighted by Gasteiger charge is 2.26. The molecule has 0 unspecified atom stereocenters. The molecule has 0 bridgehead atoms. The molecule has 2 aliphatic heterocycles. The highest BCUT2D eigenvalue weighted by Crippen LogP contribution is 2.40. The van der Waals surface area contributed by atoms with Crippen molar-refractivity contribution in [2.45, 2.75) is 26.2 Å². The summed E-state index contributed by atoms with van der Waals surface area (Å²) in [5.41, 5.74) is 5.32. The number of carbonyl (C=O) groups is 1. The molecule has 27 heavy (non-hydrogen) atoms. The molecule has 2 amide bonds. The molecule has 2 aromatic rings. The molecule has 142 valence electrons. The highest BCUT2D eigenvalue weighted by molar-refractivity contribution is 5.91. The molecule has 2 aliphatic rings. The molecular weight excluding hydrogens is 344 g/mol. The van der Waals surface area contributed by atoms with Crippen LogP contribution in [0.15, 0.2) is 24.3 Å². The van der Waals surface area contributed by atoms with E-state index in [0.717, 1.165) is 29.9 Å². The van der Waals surface area contributed by atoms with Crippen LogP contribution in [0, 0.1) is 6.92 Å². The van der Waals surface area contributed by atoms with E-state index in [2.05, 4.69) is 16.7 Å². The number of benzene rings is 2. The number of hydrogen-bond acceptors (Lipinski definition) is 4. The van der Waals surface area contributed by atoms with E-state index in [1.165, 1.54) is 16.7 Å². The van der Waals surface area contributed by atoms with E-state index in [4.69, 9.17) is 14.2 Å². The Hall–Kier alpha value is -2.89. The number of hydrogen-bond donors (Lipinski definition) is 2. The number of urea groups is 1. The molecule has 6 heteroatoms. The van der Waals surface area contributed by atoms with E-state index in [9.17, 15) is 4.79 Å². The van der Waals surface area contributed by atoms with E-state index < -0.39 is 0 Å². The van der Waals surface area contributed by atoms with Crippen molar-refractivity contribution in [1.29, 1.82) is 0 Å². The molecule has 0 atom stereocenters. The van der Waals surface area contributed by atoms with Crippen molar-refractivity contribution >= 4 is 11.7 Å². The Morgan fingerprint density at radius 3 is 2.89 bits per heavy atom. The summed E-state index contributed by atoms with van der Waals surface area (Å²) in [4.78, 5) is 12.3. The Morgan fingerprint density at radius 1 is 1.19 bits per heavy atom. The summed E-state index contributed by atoms with van der Waals surface area (Å²) >= 11 is 0. The van der Waals surface area contributed by atoms with Gasteiger partial charge in [-0.3, -0.25) is 0 Å². The number of carbonyl (C=O) groups excluding carboxylic acids is 1. The number of ether oxygens (including phenoxy) is 3. The predicted molar refractivity (Wildman–Crippen MR) is 103 cm³/mol. The lowest BCUT2D eigenvalue weighted by atomic mass is 9.97. The summed E-state index contributed by atoms with van der Waals surface area (Å²) in [6.45, 7) is 3.92. The maximum Gasteiger partial charge on any atom is 0.319 e. The van der Waals surface area contributed by atoms with Gasteiger partial charge in [-0.1, -0.05) is 6.07 Å². The van der Waals surface area contributed by atoms with E-state index >= 15 is 0 Å². The zero-order chi connectivity index (χ0) is 18.8. The van der Waals surface area contributed by atoms with Gasteiger partial charge in [-0.05, 0) is 37.1 Å². The van der Waals surface area contributed by atoms with Crippen molar-refractivity contribution in [3.05, 3.63) is 46.5 Å². The molecule has 0 fully saturated rings. The van der Waals surface area contributed by atoms with Crippen LogP contribution in [0.25, 0.3) is 0 Å². The topological polar surface area (TPSA) is 68.8 Å². The Bertz CT molecular complexity index is 847. The van der Waals surface area contributed by atoms with Crippen LogP contribution >= 0.6 is 0 Å². The zero-order valence-corrected chi connectivity index (χ0v) is 15.7. The highest BCUT2D eigenvalue weighted by atomic mass is 16.5. The Morgan fingerprint density at radius 2 is 2.04 bits per heavy atom. The number of amides is 2. The molecule has 0 saturated heterocycles. The van der Waals surface area contributed by atoms with Crippen LogP contribution in [-0.2, 0) is 19.3 Å². The van der Waals surface area contributed by atoms with Gasteiger partial charge in [-0.25, -0.2) is 4.79 Å². The van der Waals surface area contributed by atoms with E-state index in [1.807, 2.05) is 25.1 Å². The first-order chi connectivity index (χ1) is 13.2. The van der Waals surface area contributed by atoms with Crippen LogP contribution < -0.4 is 24.8 Å². The largest absolute Gasteiger partial charge is 0.495 e. The fourth-order valence-corrected chi connectivity index (χ4v) is 3.74. The van der Waals surface area contributed by atoms with Crippen LogP contribution in [0.5, 0.6) is 17.2 Å². The minimum atomic E-state index is -0.250. The summed E-state index contributed by atoms with van der Waals surface area (Å²) in [5, 5.41) is 5.79. The SMILES string of the molecule is COc1ccc(C)cc1NC(=O)NCCc1c2c(cc3c1OCC3)OCC2. The van der Waals surface area contributed by atoms with Gasteiger partial charge < -0.3 is 24.8 Å². The lowest BCUT2D eigenvalue weighted by Gasteiger charge is -2.14. The molecule has 6 nitrogen and oxygen atoms in total. The van der Waals surface area contributed by atoms with Gasteiger partial charge in [0.1, 0.15) is 17.2 Å². The molecule has 0 saturated carbocycles. The third-order valence-corrected chi connectivity index (χ3v) is 5.02. The molecule has 2 aromatic carbocycles. The van der Waals surface area contributed by atoms with Crippen molar-refractivity contribution < 1.29 is 19.0 Å². The van der Waals surface area contributed by atoms with Crippen molar-refractivity contribution in [3.63, 3.8) is 0 Å². The maximum absolute atomic E-state index is 12.3. The summed E-state index contributed by atoms with van der Waals surface area (Å²) in [7, 11) is 1.59. The van der Waals surface area contributed by atoms with Crippen LogP contribution in [0.4, 0.5) is 10.5 Å². The molecule has 0 spiro atoms. The van der Waals surface area contributed by atoms with Crippen LogP contribution in [0.1, 0.15) is 22.3 Å². The van der Waals surface area contributed by atoms with Gasteiger partial charge in [0.25, 0.3) is 0 Å². The van der Waals surface area contributed by atoms with Gasteiger partial charge in [-0.15, -0.1) is 0 Å². The first kappa shape index (κ1) is 17.5. The van der Waals surface area contributed by atoms with Crippen LogP contribution in [0.3, 0.4) is 0 Å². The van der Waals surface area contributed by atoms with Gasteiger partial charge in [0.05, 0.1) is 26.0 Å². The molecule has 4 rings (SSSR count). The average molecular weight is 368 g/mol. The smallest absolute Gasteiger partial charge is 0.319 e. The quantitative estimate of drug-likeness (QED) is 0.850. The van der Waals surface area contributed by atoms with Crippen molar-refractivity contribution in [1.82, 2.24) is 5.32 Å². The van der Waals surface area contributed by atoms with Crippen LogP contribution in [0.2, 0.25) is 0 Å². The Kier molecular flexibility index (Phi) is 4.79. The Labute approximate surface area is 158 Å². The van der Waals surface area contributed by atoms with Crippen molar-refractivity contribution in [3.8, 4) is 17.2 Å². The third-order valence-electron chi connectivity index (χ3n) is 5.02. The van der Waals surface area contributed by atoms with E-state index in [-0.39, 0.29) is 6.03 Å². The number of fused-ring (bicyclic) bond motifs is 2. The van der Waals surface area contributed by atoms with Crippen molar-refractivity contribution in [2.24, 2.45) is 0 Å². The Balaban J connectivity index is 1.41. The monoisotopic (exact) mass is 368 g/mol. The maximum atomic E-state index is 12.3. The second-order valence-corrected chi connectivity index (χ2v) is 6.85. The van der Waals surface area contributed by atoms with E-state index in [0.29, 0.717) is 37.6 Å². The van der Waals surface area contributed by atoms with Gasteiger partial charge in [0.15, 0.2) is 0 Å². The fraction of sp³-hybridized carbons (Fsp3) is 0.381. The summed E-state index contributed by atoms with van der Waals surface area (Å²) in [6, 6.07) is 7.54. The summed E-state index contributed by atoms with van der Waals surface area (Å²) in [6.07, 6.45) is 2.53. The number of aryl methyl sites for hydroxylation is 1. The number of anilines is 1. The average Bonchev–Trinajstić information content (AvgIpc) is 3.30. The number of methoxy groups -OCH3 is 1.